The number of carbonyl (C=O) groups excluding carboxylic acids is 2. The van der Waals surface area contributed by atoms with Gasteiger partial charge in [-0.25, -0.2) is 23.0 Å². The molecule has 0 radical (unpaired) electrons. The summed E-state index contributed by atoms with van der Waals surface area (Å²) in [6.45, 7) is 2.88. The minimum absolute atomic E-state index is 0.0259. The minimum atomic E-state index is -4.02. The monoisotopic (exact) mass is 464 g/mol. The van der Waals surface area contributed by atoms with Crippen molar-refractivity contribution in [2.45, 2.75) is 24.5 Å². The average molecular weight is 464 g/mol. The summed E-state index contributed by atoms with van der Waals surface area (Å²) in [5, 5.41) is 2.73. The van der Waals surface area contributed by atoms with Gasteiger partial charge in [0, 0.05) is 25.7 Å². The Balaban J connectivity index is 1.76. The zero-order valence-corrected chi connectivity index (χ0v) is 18.3. The third kappa shape index (κ3) is 4.88. The van der Waals surface area contributed by atoms with Crippen LogP contribution < -0.4 is 19.5 Å². The average Bonchev–Trinajstić information content (AvgIpc) is 2.72. The zero-order chi connectivity index (χ0) is 23.5. The molecule has 1 fully saturated rings. The molecule has 1 aromatic heterocycles. The Morgan fingerprint density at radius 3 is 2.19 bits per heavy atom. The number of methoxy groups -OCH3 is 2. The van der Waals surface area contributed by atoms with Gasteiger partial charge in [0.15, 0.2) is 11.4 Å². The van der Waals surface area contributed by atoms with Crippen molar-refractivity contribution >= 4 is 33.5 Å². The molecule has 1 saturated heterocycles. The summed E-state index contributed by atoms with van der Waals surface area (Å²) in [4.78, 5) is 31.6. The van der Waals surface area contributed by atoms with Crippen molar-refractivity contribution in [3.8, 4) is 11.6 Å². The fraction of sp³-hybridized carbons (Fsp3) is 0.263. The van der Waals surface area contributed by atoms with E-state index in [4.69, 9.17) is 18.9 Å². The first-order valence-corrected chi connectivity index (χ1v) is 10.5. The number of esters is 2. The van der Waals surface area contributed by atoms with Gasteiger partial charge in [0.05, 0.1) is 19.1 Å². The largest absolute Gasteiger partial charge is 0.489 e. The van der Waals surface area contributed by atoms with Crippen molar-refractivity contribution in [3.63, 3.8) is 0 Å². The van der Waals surface area contributed by atoms with Gasteiger partial charge in [-0.05, 0) is 24.3 Å². The second kappa shape index (κ2) is 8.70. The van der Waals surface area contributed by atoms with Crippen LogP contribution >= 0.6 is 0 Å². The molecular formula is C19H20N4O8S. The van der Waals surface area contributed by atoms with Gasteiger partial charge in [0.1, 0.15) is 6.33 Å². The van der Waals surface area contributed by atoms with E-state index in [9.17, 15) is 18.0 Å². The normalized spacial score (nSPS) is 15.3. The van der Waals surface area contributed by atoms with E-state index >= 15 is 0 Å². The molecule has 13 heteroatoms. The summed E-state index contributed by atoms with van der Waals surface area (Å²) in [5.74, 6) is -3.02. The fourth-order valence-corrected chi connectivity index (χ4v) is 3.62. The smallest absolute Gasteiger partial charge is 0.350 e. The van der Waals surface area contributed by atoms with E-state index in [1.807, 2.05) is 0 Å². The third-order valence-electron chi connectivity index (χ3n) is 4.06. The number of ether oxygens (including phenoxy) is 4. The van der Waals surface area contributed by atoms with E-state index in [0.29, 0.717) is 5.69 Å². The summed E-state index contributed by atoms with van der Waals surface area (Å²) < 4.78 is 47.9. The lowest BCUT2D eigenvalue weighted by Gasteiger charge is -2.29. The van der Waals surface area contributed by atoms with Crippen LogP contribution in [0.1, 0.15) is 13.8 Å². The van der Waals surface area contributed by atoms with Gasteiger partial charge in [0.25, 0.3) is 21.7 Å². The SMILES string of the molecule is COc1ncnc(NS(=O)(=O)c2ccc(NC=C3C(=O)OC(C)(C)OC3=O)cc2)c1OC. The molecule has 2 aromatic rings. The van der Waals surface area contributed by atoms with Crippen molar-refractivity contribution in [1.82, 2.24) is 9.97 Å². The van der Waals surface area contributed by atoms with E-state index in [-0.39, 0.29) is 27.9 Å². The summed E-state index contributed by atoms with van der Waals surface area (Å²) in [7, 11) is -1.34. The summed E-state index contributed by atoms with van der Waals surface area (Å²) in [5.41, 5.74) is 0.0793. The van der Waals surface area contributed by atoms with Crippen LogP contribution in [0.3, 0.4) is 0 Å². The molecule has 1 aliphatic rings. The fourth-order valence-electron chi connectivity index (χ4n) is 2.61. The summed E-state index contributed by atoms with van der Waals surface area (Å²) in [6, 6.07) is 5.50. The van der Waals surface area contributed by atoms with Crippen LogP contribution in [0, 0.1) is 0 Å². The molecule has 32 heavy (non-hydrogen) atoms. The molecular weight excluding hydrogens is 444 g/mol. The number of sulfonamides is 1. The van der Waals surface area contributed by atoms with Gasteiger partial charge in [-0.3, -0.25) is 4.72 Å². The standard InChI is InChI=1S/C19H20N4O8S/c1-19(2)30-17(24)13(18(25)31-19)9-20-11-5-7-12(8-6-11)32(26,27)23-15-14(28-3)16(29-4)22-10-21-15/h5-10,20H,1-4H3,(H,21,22,23). The molecule has 0 spiro atoms. The van der Waals surface area contributed by atoms with E-state index in [1.54, 1.807) is 0 Å². The van der Waals surface area contributed by atoms with Crippen molar-refractivity contribution in [2.75, 3.05) is 24.3 Å². The number of aromatic nitrogens is 2. The minimum Gasteiger partial charge on any atom is -0.489 e. The first kappa shape index (κ1) is 22.8. The quantitative estimate of drug-likeness (QED) is 0.347. The molecule has 3 rings (SSSR count). The number of nitrogens with zero attached hydrogens (tertiary/aromatic N) is 2. The predicted octanol–water partition coefficient (Wildman–Crippen LogP) is 1.43. The lowest BCUT2D eigenvalue weighted by molar-refractivity contribution is -0.222. The lowest BCUT2D eigenvalue weighted by atomic mass is 10.2. The van der Waals surface area contributed by atoms with Crippen molar-refractivity contribution in [1.29, 1.82) is 0 Å². The second-order valence-electron chi connectivity index (χ2n) is 6.78. The van der Waals surface area contributed by atoms with Crippen molar-refractivity contribution < 1.29 is 37.0 Å². The van der Waals surface area contributed by atoms with Gasteiger partial charge in [-0.1, -0.05) is 0 Å². The highest BCUT2D eigenvalue weighted by atomic mass is 32.2. The molecule has 0 bridgehead atoms. The number of nitrogens with one attached hydrogen (secondary N) is 2. The van der Waals surface area contributed by atoms with Gasteiger partial charge >= 0.3 is 11.9 Å². The first-order valence-electron chi connectivity index (χ1n) is 9.05. The van der Waals surface area contributed by atoms with Gasteiger partial charge < -0.3 is 24.3 Å². The molecule has 1 aromatic carbocycles. The number of benzene rings is 1. The predicted molar refractivity (Wildman–Crippen MR) is 110 cm³/mol. The molecule has 2 N–H and O–H groups in total. The Morgan fingerprint density at radius 2 is 1.62 bits per heavy atom. The third-order valence-corrected chi connectivity index (χ3v) is 5.42. The van der Waals surface area contributed by atoms with Crippen LogP contribution in [-0.4, -0.2) is 50.3 Å². The molecule has 1 aliphatic heterocycles. The second-order valence-corrected chi connectivity index (χ2v) is 8.46. The Kier molecular flexibility index (Phi) is 6.20. The van der Waals surface area contributed by atoms with Gasteiger partial charge in [-0.15, -0.1) is 0 Å². The summed E-state index contributed by atoms with van der Waals surface area (Å²) in [6.07, 6.45) is 2.25. The maximum Gasteiger partial charge on any atom is 0.350 e. The molecule has 12 nitrogen and oxygen atoms in total. The number of hydrogen-bond acceptors (Lipinski definition) is 11. The molecule has 0 amide bonds. The highest BCUT2D eigenvalue weighted by Crippen LogP contribution is 2.32. The van der Waals surface area contributed by atoms with Crippen LogP contribution in [0.4, 0.5) is 11.5 Å². The molecule has 2 heterocycles. The van der Waals surface area contributed by atoms with Crippen LogP contribution in [0.2, 0.25) is 0 Å². The Hall–Kier alpha value is -3.87. The molecule has 0 unspecified atom stereocenters. The highest BCUT2D eigenvalue weighted by Gasteiger charge is 2.38. The van der Waals surface area contributed by atoms with E-state index < -0.39 is 27.7 Å². The number of carbonyl (C=O) groups is 2. The van der Waals surface area contributed by atoms with Gasteiger partial charge in [0.2, 0.25) is 5.75 Å². The van der Waals surface area contributed by atoms with Crippen molar-refractivity contribution in [2.24, 2.45) is 0 Å². The molecule has 0 saturated carbocycles. The Bertz CT molecular complexity index is 1150. The molecule has 0 atom stereocenters. The van der Waals surface area contributed by atoms with E-state index in [1.165, 1.54) is 52.3 Å². The molecule has 0 aliphatic carbocycles. The summed E-state index contributed by atoms with van der Waals surface area (Å²) >= 11 is 0. The Labute approximate surface area is 183 Å². The van der Waals surface area contributed by atoms with E-state index in [0.717, 1.165) is 12.5 Å². The number of anilines is 2. The van der Waals surface area contributed by atoms with Gasteiger partial charge in [-0.2, -0.15) is 4.98 Å². The highest BCUT2D eigenvalue weighted by molar-refractivity contribution is 7.92. The van der Waals surface area contributed by atoms with Crippen LogP contribution in [-0.2, 0) is 29.1 Å². The number of cyclic esters (lactones) is 2. The van der Waals surface area contributed by atoms with Crippen LogP contribution in [0.15, 0.2) is 47.3 Å². The van der Waals surface area contributed by atoms with Crippen molar-refractivity contribution in [3.05, 3.63) is 42.4 Å². The Morgan fingerprint density at radius 1 is 1.00 bits per heavy atom. The van der Waals surface area contributed by atoms with E-state index in [2.05, 4.69) is 20.0 Å². The van der Waals surface area contributed by atoms with Crippen LogP contribution in [0.5, 0.6) is 11.6 Å². The number of hydrogen-bond donors (Lipinski definition) is 2. The zero-order valence-electron chi connectivity index (χ0n) is 17.5. The van der Waals surface area contributed by atoms with Crippen LogP contribution in [0.25, 0.3) is 0 Å². The lowest BCUT2D eigenvalue weighted by Crippen LogP contribution is -2.42. The topological polar surface area (TPSA) is 155 Å². The molecule has 170 valence electrons. The number of rotatable bonds is 7. The first-order chi connectivity index (χ1) is 15.1. The maximum absolute atomic E-state index is 12.7. The maximum atomic E-state index is 12.7.